The molecule has 0 amide bonds. The Morgan fingerprint density at radius 1 is 1.42 bits per heavy atom. The molecule has 0 N–H and O–H groups in total. The second kappa shape index (κ2) is 3.59. The molecule has 72 valence electrons. The van der Waals surface area contributed by atoms with Crippen LogP contribution in [-0.2, 0) is 0 Å². The van der Waals surface area contributed by atoms with Crippen molar-refractivity contribution in [2.45, 2.75) is 27.7 Å². The zero-order valence-electron chi connectivity index (χ0n) is 8.92. The summed E-state index contributed by atoms with van der Waals surface area (Å²) in [5, 5.41) is 0. The van der Waals surface area contributed by atoms with E-state index in [1.165, 1.54) is 13.1 Å². The quantitative estimate of drug-likeness (QED) is 0.612. The molecule has 12 heavy (non-hydrogen) atoms. The summed E-state index contributed by atoms with van der Waals surface area (Å²) in [4.78, 5) is 0. The standard InChI is InChI=1S/C10H21NS/c1-8(2)9-6-11(12-5)7-10(9,3)4/h8-9H,6-7H2,1-5H3. The van der Waals surface area contributed by atoms with Gasteiger partial charge in [0.2, 0.25) is 0 Å². The first kappa shape index (κ1) is 10.4. The maximum Gasteiger partial charge on any atom is 0.0144 e. The Hall–Kier alpha value is 0.310. The van der Waals surface area contributed by atoms with Crippen molar-refractivity contribution in [3.05, 3.63) is 0 Å². The van der Waals surface area contributed by atoms with Crippen LogP contribution in [0.2, 0.25) is 0 Å². The van der Waals surface area contributed by atoms with Crippen molar-refractivity contribution in [1.29, 1.82) is 0 Å². The highest BCUT2D eigenvalue weighted by Gasteiger charge is 2.40. The van der Waals surface area contributed by atoms with Crippen LogP contribution in [0.1, 0.15) is 27.7 Å². The Labute approximate surface area is 81.0 Å². The molecule has 1 fully saturated rings. The third-order valence-corrected chi connectivity index (χ3v) is 3.85. The van der Waals surface area contributed by atoms with E-state index in [1.807, 2.05) is 11.9 Å². The maximum atomic E-state index is 2.49. The van der Waals surface area contributed by atoms with Gasteiger partial charge in [-0.05, 0) is 23.5 Å². The van der Waals surface area contributed by atoms with E-state index >= 15 is 0 Å². The van der Waals surface area contributed by atoms with Crippen molar-refractivity contribution in [2.75, 3.05) is 19.3 Å². The third kappa shape index (κ3) is 1.97. The Kier molecular flexibility index (Phi) is 3.11. The van der Waals surface area contributed by atoms with Gasteiger partial charge in [-0.25, -0.2) is 4.31 Å². The summed E-state index contributed by atoms with van der Waals surface area (Å²) in [5.74, 6) is 1.68. The van der Waals surface area contributed by atoms with E-state index in [-0.39, 0.29) is 0 Å². The predicted octanol–water partition coefficient (Wildman–Crippen LogP) is 2.88. The normalized spacial score (nSPS) is 30.0. The Balaban J connectivity index is 2.64. The van der Waals surface area contributed by atoms with Crippen LogP contribution in [0, 0.1) is 17.3 Å². The van der Waals surface area contributed by atoms with Gasteiger partial charge >= 0.3 is 0 Å². The highest BCUT2D eigenvalue weighted by Crippen LogP contribution is 2.41. The molecule has 1 saturated heterocycles. The summed E-state index contributed by atoms with van der Waals surface area (Å²) in [6, 6.07) is 0. The molecule has 1 aliphatic heterocycles. The van der Waals surface area contributed by atoms with E-state index < -0.39 is 0 Å². The number of hydrogen-bond donors (Lipinski definition) is 0. The molecule has 1 aliphatic rings. The van der Waals surface area contributed by atoms with E-state index in [1.54, 1.807) is 0 Å². The third-order valence-electron chi connectivity index (χ3n) is 3.05. The molecule has 0 radical (unpaired) electrons. The molecule has 0 spiro atoms. The highest BCUT2D eigenvalue weighted by molar-refractivity contribution is 7.96. The second-order valence-corrected chi connectivity index (χ2v) is 5.73. The molecule has 0 aromatic heterocycles. The van der Waals surface area contributed by atoms with Crippen molar-refractivity contribution < 1.29 is 0 Å². The summed E-state index contributed by atoms with van der Waals surface area (Å²) < 4.78 is 2.49. The largest absolute Gasteiger partial charge is 0.250 e. The van der Waals surface area contributed by atoms with Gasteiger partial charge < -0.3 is 0 Å². The summed E-state index contributed by atoms with van der Waals surface area (Å²) in [6.07, 6.45) is 2.18. The fourth-order valence-corrected chi connectivity index (χ4v) is 3.13. The summed E-state index contributed by atoms with van der Waals surface area (Å²) in [5.41, 5.74) is 0.511. The summed E-state index contributed by atoms with van der Waals surface area (Å²) >= 11 is 1.89. The van der Waals surface area contributed by atoms with Crippen molar-refractivity contribution in [3.8, 4) is 0 Å². The van der Waals surface area contributed by atoms with Gasteiger partial charge in [0, 0.05) is 13.1 Å². The topological polar surface area (TPSA) is 3.24 Å². The molecule has 1 unspecified atom stereocenters. The molecular formula is C10H21NS. The van der Waals surface area contributed by atoms with Crippen LogP contribution in [-0.4, -0.2) is 23.7 Å². The summed E-state index contributed by atoms with van der Waals surface area (Å²) in [7, 11) is 0. The van der Waals surface area contributed by atoms with Gasteiger partial charge in [0.05, 0.1) is 0 Å². The lowest BCUT2D eigenvalue weighted by atomic mass is 9.76. The van der Waals surface area contributed by atoms with E-state index in [9.17, 15) is 0 Å². The van der Waals surface area contributed by atoms with E-state index in [0.717, 1.165) is 11.8 Å². The maximum absolute atomic E-state index is 2.49. The average molecular weight is 187 g/mol. The first-order valence-corrected chi connectivity index (χ1v) is 5.94. The fourth-order valence-electron chi connectivity index (χ4n) is 2.36. The lowest BCUT2D eigenvalue weighted by molar-refractivity contribution is 0.223. The van der Waals surface area contributed by atoms with Crippen molar-refractivity contribution >= 4 is 11.9 Å². The number of hydrogen-bond acceptors (Lipinski definition) is 2. The van der Waals surface area contributed by atoms with Gasteiger partial charge in [-0.2, -0.15) is 0 Å². The predicted molar refractivity (Wildman–Crippen MR) is 57.2 cm³/mol. The van der Waals surface area contributed by atoms with Crippen LogP contribution >= 0.6 is 11.9 Å². The van der Waals surface area contributed by atoms with Crippen molar-refractivity contribution in [2.24, 2.45) is 17.3 Å². The molecule has 1 nitrogen and oxygen atoms in total. The average Bonchev–Trinajstić information content (AvgIpc) is 2.25. The van der Waals surface area contributed by atoms with Crippen molar-refractivity contribution in [1.82, 2.24) is 4.31 Å². The minimum atomic E-state index is 0.511. The highest BCUT2D eigenvalue weighted by atomic mass is 32.2. The van der Waals surface area contributed by atoms with Gasteiger partial charge in [-0.3, -0.25) is 0 Å². The van der Waals surface area contributed by atoms with Crippen LogP contribution in [0.15, 0.2) is 0 Å². The number of nitrogens with zero attached hydrogens (tertiary/aromatic N) is 1. The Bertz CT molecular complexity index is 154. The molecule has 2 heteroatoms. The van der Waals surface area contributed by atoms with Crippen LogP contribution in [0.4, 0.5) is 0 Å². The first-order valence-electron chi connectivity index (χ1n) is 4.76. The van der Waals surface area contributed by atoms with Gasteiger partial charge in [0.1, 0.15) is 0 Å². The lowest BCUT2D eigenvalue weighted by Crippen LogP contribution is -2.26. The van der Waals surface area contributed by atoms with Crippen LogP contribution in [0.25, 0.3) is 0 Å². The molecule has 0 bridgehead atoms. The van der Waals surface area contributed by atoms with Gasteiger partial charge in [0.25, 0.3) is 0 Å². The fraction of sp³-hybridized carbons (Fsp3) is 1.00. The van der Waals surface area contributed by atoms with E-state index in [4.69, 9.17) is 0 Å². The monoisotopic (exact) mass is 187 g/mol. The molecular weight excluding hydrogens is 166 g/mol. The molecule has 0 aliphatic carbocycles. The van der Waals surface area contributed by atoms with Gasteiger partial charge in [-0.15, -0.1) is 0 Å². The van der Waals surface area contributed by atoms with Gasteiger partial charge in [-0.1, -0.05) is 39.6 Å². The van der Waals surface area contributed by atoms with E-state index in [2.05, 4.69) is 38.3 Å². The smallest absolute Gasteiger partial charge is 0.0144 e. The second-order valence-electron chi connectivity index (χ2n) is 4.84. The van der Waals surface area contributed by atoms with Crippen LogP contribution in [0.3, 0.4) is 0 Å². The Morgan fingerprint density at radius 2 is 2.00 bits per heavy atom. The van der Waals surface area contributed by atoms with Crippen LogP contribution in [0.5, 0.6) is 0 Å². The van der Waals surface area contributed by atoms with Crippen molar-refractivity contribution in [3.63, 3.8) is 0 Å². The van der Waals surface area contributed by atoms with Crippen LogP contribution < -0.4 is 0 Å². The van der Waals surface area contributed by atoms with Gasteiger partial charge in [0.15, 0.2) is 0 Å². The molecule has 0 aromatic carbocycles. The first-order chi connectivity index (χ1) is 5.47. The molecule has 1 atom stereocenters. The Morgan fingerprint density at radius 3 is 2.25 bits per heavy atom. The molecule has 0 saturated carbocycles. The minimum absolute atomic E-state index is 0.511. The zero-order valence-corrected chi connectivity index (χ0v) is 9.74. The van der Waals surface area contributed by atoms with E-state index in [0.29, 0.717) is 5.41 Å². The lowest BCUT2D eigenvalue weighted by Gasteiger charge is -2.28. The minimum Gasteiger partial charge on any atom is -0.250 e. The zero-order chi connectivity index (χ0) is 9.35. The molecule has 1 rings (SSSR count). The summed E-state index contributed by atoms with van der Waals surface area (Å²) in [6.45, 7) is 12.0. The molecule has 0 aromatic rings. The molecule has 1 heterocycles. The SMILES string of the molecule is CSN1CC(C(C)C)C(C)(C)C1. The number of rotatable bonds is 2.